The zero-order valence-electron chi connectivity index (χ0n) is 16.1. The lowest BCUT2D eigenvalue weighted by Crippen LogP contribution is -2.42. The average Bonchev–Trinajstić information content (AvgIpc) is 2.66. The molecule has 1 saturated heterocycles. The summed E-state index contributed by atoms with van der Waals surface area (Å²) >= 11 is 0. The first-order valence-corrected chi connectivity index (χ1v) is 11.0. The van der Waals surface area contributed by atoms with Gasteiger partial charge in [0.1, 0.15) is 5.82 Å². The number of hydrogen-bond acceptors (Lipinski definition) is 3. The van der Waals surface area contributed by atoms with Gasteiger partial charge in [-0.1, -0.05) is 35.9 Å². The second kappa shape index (κ2) is 8.41. The van der Waals surface area contributed by atoms with Crippen LogP contribution in [-0.4, -0.2) is 31.7 Å². The molecule has 1 aliphatic rings. The number of piperidine rings is 1. The number of benzene rings is 2. The topological polar surface area (TPSA) is 66.5 Å². The monoisotopic (exact) mass is 404 g/mol. The largest absolute Gasteiger partial charge is 0.326 e. The van der Waals surface area contributed by atoms with Gasteiger partial charge in [0.2, 0.25) is 15.9 Å². The van der Waals surface area contributed by atoms with Crippen LogP contribution in [0.1, 0.15) is 29.5 Å². The summed E-state index contributed by atoms with van der Waals surface area (Å²) in [4.78, 5) is 12.6. The highest BCUT2D eigenvalue weighted by Gasteiger charge is 2.31. The van der Waals surface area contributed by atoms with Crippen molar-refractivity contribution < 1.29 is 17.6 Å². The number of amides is 1. The molecule has 0 aliphatic carbocycles. The minimum atomic E-state index is -3.62. The van der Waals surface area contributed by atoms with E-state index < -0.39 is 15.8 Å². The minimum absolute atomic E-state index is 0.0851. The van der Waals surface area contributed by atoms with Crippen molar-refractivity contribution >= 4 is 21.6 Å². The molecular weight excluding hydrogens is 379 g/mol. The van der Waals surface area contributed by atoms with E-state index in [-0.39, 0.29) is 36.2 Å². The third kappa shape index (κ3) is 4.77. The molecule has 5 nitrogen and oxygen atoms in total. The van der Waals surface area contributed by atoms with Gasteiger partial charge in [0.15, 0.2) is 0 Å². The number of nitrogens with one attached hydrogen (secondary N) is 1. The summed E-state index contributed by atoms with van der Waals surface area (Å²) in [5.41, 5.74) is 3.07. The lowest BCUT2D eigenvalue weighted by molar-refractivity contribution is -0.120. The Morgan fingerprint density at radius 1 is 1.14 bits per heavy atom. The van der Waals surface area contributed by atoms with Crippen LogP contribution in [0.3, 0.4) is 0 Å². The maximum Gasteiger partial charge on any atom is 0.227 e. The number of aryl methyl sites for hydroxylation is 2. The first-order valence-electron chi connectivity index (χ1n) is 9.35. The highest BCUT2D eigenvalue weighted by atomic mass is 32.2. The average molecular weight is 405 g/mol. The molecule has 1 N–H and O–H groups in total. The quantitative estimate of drug-likeness (QED) is 0.828. The maximum absolute atomic E-state index is 13.8. The van der Waals surface area contributed by atoms with Crippen molar-refractivity contribution in [3.8, 4) is 0 Å². The van der Waals surface area contributed by atoms with E-state index >= 15 is 0 Å². The Hall–Kier alpha value is -2.25. The van der Waals surface area contributed by atoms with Gasteiger partial charge in [-0.05, 0) is 44.4 Å². The molecule has 0 radical (unpaired) electrons. The van der Waals surface area contributed by atoms with E-state index in [9.17, 15) is 17.6 Å². The fourth-order valence-corrected chi connectivity index (χ4v) is 5.06. The van der Waals surface area contributed by atoms with Gasteiger partial charge in [0.05, 0.1) is 5.75 Å². The molecule has 0 spiro atoms. The van der Waals surface area contributed by atoms with E-state index in [0.717, 1.165) is 16.8 Å². The molecular formula is C21H25FN2O3S. The first kappa shape index (κ1) is 20.5. The van der Waals surface area contributed by atoms with E-state index in [0.29, 0.717) is 12.8 Å². The fraction of sp³-hybridized carbons (Fsp3) is 0.381. The van der Waals surface area contributed by atoms with Gasteiger partial charge in [-0.15, -0.1) is 0 Å². The standard InChI is InChI=1S/C21H25FN2O3S/c1-15-7-8-20(16(2)13-15)23-21(25)17-9-11-24(12-10-17)28(26,27)14-18-5-3-4-6-19(18)22/h3-8,13,17H,9-12,14H2,1-2H3,(H,23,25). The molecule has 0 atom stereocenters. The predicted molar refractivity (Wildman–Crippen MR) is 108 cm³/mol. The summed E-state index contributed by atoms with van der Waals surface area (Å²) in [6.07, 6.45) is 0.903. The summed E-state index contributed by atoms with van der Waals surface area (Å²) in [5, 5.41) is 2.95. The number of carbonyl (C=O) groups is 1. The minimum Gasteiger partial charge on any atom is -0.326 e. The zero-order chi connectivity index (χ0) is 20.3. The number of carbonyl (C=O) groups excluding carboxylic acids is 1. The molecule has 7 heteroatoms. The molecule has 3 rings (SSSR count). The highest BCUT2D eigenvalue weighted by molar-refractivity contribution is 7.88. The van der Waals surface area contributed by atoms with Crippen LogP contribution < -0.4 is 5.32 Å². The Morgan fingerprint density at radius 3 is 2.46 bits per heavy atom. The molecule has 2 aromatic carbocycles. The Kier molecular flexibility index (Phi) is 6.15. The van der Waals surface area contributed by atoms with Crippen LogP contribution >= 0.6 is 0 Å². The van der Waals surface area contributed by atoms with Crippen molar-refractivity contribution in [3.05, 3.63) is 65.0 Å². The van der Waals surface area contributed by atoms with Gasteiger partial charge >= 0.3 is 0 Å². The summed E-state index contributed by atoms with van der Waals surface area (Å²) < 4.78 is 40.4. The van der Waals surface area contributed by atoms with Gasteiger partial charge < -0.3 is 5.32 Å². The SMILES string of the molecule is Cc1ccc(NC(=O)C2CCN(S(=O)(=O)Cc3ccccc3F)CC2)c(C)c1. The summed E-state index contributed by atoms with van der Waals surface area (Å²) in [6.45, 7) is 4.47. The Balaban J connectivity index is 1.59. The third-order valence-corrected chi connectivity index (χ3v) is 6.98. The van der Waals surface area contributed by atoms with Crippen molar-refractivity contribution in [2.24, 2.45) is 5.92 Å². The molecule has 1 heterocycles. The summed E-state index contributed by atoms with van der Waals surface area (Å²) in [6, 6.07) is 11.7. The van der Waals surface area contributed by atoms with Gasteiger partial charge in [0, 0.05) is 30.3 Å². The van der Waals surface area contributed by atoms with E-state index in [1.807, 2.05) is 32.0 Å². The second-order valence-corrected chi connectivity index (χ2v) is 9.30. The number of nitrogens with zero attached hydrogens (tertiary/aromatic N) is 1. The Morgan fingerprint density at radius 2 is 1.82 bits per heavy atom. The highest BCUT2D eigenvalue weighted by Crippen LogP contribution is 2.24. The molecule has 1 aliphatic heterocycles. The van der Waals surface area contributed by atoms with Crippen LogP contribution in [0.25, 0.3) is 0 Å². The molecule has 28 heavy (non-hydrogen) atoms. The number of anilines is 1. The van der Waals surface area contributed by atoms with Crippen molar-refractivity contribution in [1.29, 1.82) is 0 Å². The normalized spacial score (nSPS) is 16.1. The van der Waals surface area contributed by atoms with Crippen LogP contribution in [0.15, 0.2) is 42.5 Å². The second-order valence-electron chi connectivity index (χ2n) is 7.33. The molecule has 0 saturated carbocycles. The smallest absolute Gasteiger partial charge is 0.227 e. The van der Waals surface area contributed by atoms with Crippen LogP contribution in [0.5, 0.6) is 0 Å². The third-order valence-electron chi connectivity index (χ3n) is 5.15. The molecule has 2 aromatic rings. The predicted octanol–water partition coefficient (Wildman–Crippen LogP) is 3.62. The molecule has 1 amide bonds. The lowest BCUT2D eigenvalue weighted by Gasteiger charge is -2.30. The molecule has 1 fully saturated rings. The number of hydrogen-bond donors (Lipinski definition) is 1. The number of sulfonamides is 1. The zero-order valence-corrected chi connectivity index (χ0v) is 16.9. The van der Waals surface area contributed by atoms with Crippen molar-refractivity contribution in [3.63, 3.8) is 0 Å². The van der Waals surface area contributed by atoms with Gasteiger partial charge in [-0.3, -0.25) is 4.79 Å². The van der Waals surface area contributed by atoms with Crippen molar-refractivity contribution in [2.45, 2.75) is 32.4 Å². The molecule has 0 unspecified atom stereocenters. The van der Waals surface area contributed by atoms with Gasteiger partial charge in [-0.2, -0.15) is 0 Å². The van der Waals surface area contributed by atoms with Crippen LogP contribution in [0, 0.1) is 25.6 Å². The van der Waals surface area contributed by atoms with E-state index in [1.54, 1.807) is 6.07 Å². The molecule has 0 aromatic heterocycles. The molecule has 0 bridgehead atoms. The first-order chi connectivity index (χ1) is 13.3. The Bertz CT molecular complexity index is 967. The maximum atomic E-state index is 13.8. The van der Waals surface area contributed by atoms with E-state index in [2.05, 4.69) is 5.32 Å². The van der Waals surface area contributed by atoms with Gasteiger partial charge in [0.25, 0.3) is 0 Å². The van der Waals surface area contributed by atoms with Crippen molar-refractivity contribution in [1.82, 2.24) is 4.31 Å². The van der Waals surface area contributed by atoms with Crippen molar-refractivity contribution in [2.75, 3.05) is 18.4 Å². The summed E-state index contributed by atoms with van der Waals surface area (Å²) in [7, 11) is -3.62. The Labute approximate surface area is 165 Å². The summed E-state index contributed by atoms with van der Waals surface area (Å²) in [5.74, 6) is -1.20. The van der Waals surface area contributed by atoms with E-state index in [1.165, 1.54) is 22.5 Å². The lowest BCUT2D eigenvalue weighted by atomic mass is 9.97. The fourth-order valence-electron chi connectivity index (χ4n) is 3.49. The number of rotatable bonds is 5. The van der Waals surface area contributed by atoms with Crippen LogP contribution in [0.2, 0.25) is 0 Å². The van der Waals surface area contributed by atoms with E-state index in [4.69, 9.17) is 0 Å². The van der Waals surface area contributed by atoms with Crippen LogP contribution in [0.4, 0.5) is 10.1 Å². The number of halogens is 1. The van der Waals surface area contributed by atoms with Crippen LogP contribution in [-0.2, 0) is 20.6 Å². The molecule has 150 valence electrons. The van der Waals surface area contributed by atoms with Gasteiger partial charge in [-0.25, -0.2) is 17.1 Å².